The molecule has 0 amide bonds. The third-order valence-electron chi connectivity index (χ3n) is 2.45. The Morgan fingerprint density at radius 2 is 2.05 bits per heavy atom. The molecule has 0 aliphatic rings. The number of ether oxygens (including phenoxy) is 2. The zero-order valence-corrected chi connectivity index (χ0v) is 12.4. The van der Waals surface area contributed by atoms with Crippen molar-refractivity contribution in [3.05, 3.63) is 23.8 Å². The molecule has 0 saturated carbocycles. The molecule has 0 fully saturated rings. The van der Waals surface area contributed by atoms with Crippen LogP contribution in [0.4, 0.5) is 4.39 Å². The van der Waals surface area contributed by atoms with Gasteiger partial charge in [0.1, 0.15) is 0 Å². The molecule has 0 radical (unpaired) electrons. The average Bonchev–Trinajstić information content (AvgIpc) is 2.39. The van der Waals surface area contributed by atoms with Gasteiger partial charge in [-0.25, -0.2) is 9.18 Å². The van der Waals surface area contributed by atoms with Crippen LogP contribution in [0.2, 0.25) is 0 Å². The van der Waals surface area contributed by atoms with Gasteiger partial charge in [0.05, 0.1) is 12.6 Å². The number of aromatic hydroxyl groups is 1. The van der Waals surface area contributed by atoms with Crippen LogP contribution in [0.25, 0.3) is 0 Å². The third-order valence-corrected chi connectivity index (χ3v) is 2.45. The molecule has 6 nitrogen and oxygen atoms in total. The number of carbonyl (C=O) groups is 2. The molecule has 1 rings (SSSR count). The minimum atomic E-state index is -2.05. The van der Waals surface area contributed by atoms with E-state index in [4.69, 9.17) is 10.5 Å². The largest absolute Gasteiger partial charge is 0.504 e. The van der Waals surface area contributed by atoms with Gasteiger partial charge in [0.25, 0.3) is 0 Å². The van der Waals surface area contributed by atoms with E-state index >= 15 is 0 Å². The van der Waals surface area contributed by atoms with Crippen LogP contribution in [0, 0.1) is 0 Å². The fourth-order valence-electron chi connectivity index (χ4n) is 1.52. The van der Waals surface area contributed by atoms with Crippen LogP contribution < -0.4 is 10.5 Å². The van der Waals surface area contributed by atoms with E-state index in [9.17, 15) is 19.1 Å². The standard InChI is InChI=1S/C13H16FNO5.ClH/c1-3-19-13(18)11(14)12(15)8-4-5-10(9(17)6-8)20-7(2)16;/h4-6,11-12,17H,3,15H2,1-2H3;1H/t11?,12-;/m0./s1. The number of hydrogen-bond donors (Lipinski definition) is 2. The maximum absolute atomic E-state index is 13.7. The Balaban J connectivity index is 0.00000400. The first kappa shape index (κ1) is 19.1. The fourth-order valence-corrected chi connectivity index (χ4v) is 1.52. The Kier molecular flexibility index (Phi) is 7.69. The van der Waals surface area contributed by atoms with E-state index < -0.39 is 24.2 Å². The van der Waals surface area contributed by atoms with Gasteiger partial charge in [-0.15, -0.1) is 12.4 Å². The Morgan fingerprint density at radius 1 is 1.43 bits per heavy atom. The molecule has 1 unspecified atom stereocenters. The highest BCUT2D eigenvalue weighted by atomic mass is 35.5. The molecule has 3 N–H and O–H groups in total. The minimum absolute atomic E-state index is 0. The molecule has 2 atom stereocenters. The second-order valence-corrected chi connectivity index (χ2v) is 4.00. The van der Waals surface area contributed by atoms with Gasteiger partial charge in [0.2, 0.25) is 6.17 Å². The Bertz CT molecular complexity index is 511. The molecule has 8 heteroatoms. The number of nitrogens with two attached hydrogens (primary N) is 1. The van der Waals surface area contributed by atoms with Gasteiger partial charge in [-0.3, -0.25) is 4.79 Å². The van der Waals surface area contributed by atoms with Crippen LogP contribution in [0.15, 0.2) is 18.2 Å². The van der Waals surface area contributed by atoms with E-state index in [1.807, 2.05) is 0 Å². The van der Waals surface area contributed by atoms with Gasteiger partial charge in [0, 0.05) is 6.92 Å². The van der Waals surface area contributed by atoms with Gasteiger partial charge < -0.3 is 20.3 Å². The van der Waals surface area contributed by atoms with Crippen LogP contribution in [0.3, 0.4) is 0 Å². The average molecular weight is 322 g/mol. The lowest BCUT2D eigenvalue weighted by atomic mass is 10.0. The van der Waals surface area contributed by atoms with Crippen molar-refractivity contribution in [3.63, 3.8) is 0 Å². The van der Waals surface area contributed by atoms with Crippen molar-refractivity contribution in [2.75, 3.05) is 6.61 Å². The number of phenols is 1. The smallest absolute Gasteiger partial charge is 0.342 e. The SMILES string of the molecule is CCOC(=O)C(F)[C@@H](N)c1ccc(OC(C)=O)c(O)c1.Cl. The van der Waals surface area contributed by atoms with Gasteiger partial charge in [-0.1, -0.05) is 6.07 Å². The molecule has 21 heavy (non-hydrogen) atoms. The van der Waals surface area contributed by atoms with Crippen molar-refractivity contribution >= 4 is 24.3 Å². The van der Waals surface area contributed by atoms with Crippen molar-refractivity contribution in [1.29, 1.82) is 0 Å². The molecule has 1 aromatic carbocycles. The monoisotopic (exact) mass is 321 g/mol. The lowest BCUT2D eigenvalue weighted by Crippen LogP contribution is -2.31. The van der Waals surface area contributed by atoms with Crippen LogP contribution in [0.1, 0.15) is 25.5 Å². The Morgan fingerprint density at radius 3 is 2.52 bits per heavy atom. The Labute approximate surface area is 127 Å². The van der Waals surface area contributed by atoms with E-state index in [2.05, 4.69) is 4.74 Å². The maximum atomic E-state index is 13.7. The van der Waals surface area contributed by atoms with Crippen LogP contribution >= 0.6 is 12.4 Å². The molecule has 118 valence electrons. The zero-order valence-electron chi connectivity index (χ0n) is 11.5. The number of benzene rings is 1. The molecule has 0 heterocycles. The summed E-state index contributed by atoms with van der Waals surface area (Å²) in [6.45, 7) is 2.77. The van der Waals surface area contributed by atoms with Gasteiger partial charge >= 0.3 is 11.9 Å². The number of halogens is 2. The molecule has 0 saturated heterocycles. The van der Waals surface area contributed by atoms with E-state index in [0.717, 1.165) is 6.07 Å². The molecular formula is C13H17ClFNO5. The van der Waals surface area contributed by atoms with E-state index in [1.54, 1.807) is 6.92 Å². The summed E-state index contributed by atoms with van der Waals surface area (Å²) in [5.41, 5.74) is 5.77. The molecule has 0 aliphatic carbocycles. The number of rotatable bonds is 5. The highest BCUT2D eigenvalue weighted by Crippen LogP contribution is 2.30. The van der Waals surface area contributed by atoms with Crippen molar-refractivity contribution in [1.82, 2.24) is 0 Å². The molecule has 1 aromatic rings. The van der Waals surface area contributed by atoms with Crippen molar-refractivity contribution in [2.24, 2.45) is 5.73 Å². The van der Waals surface area contributed by atoms with Gasteiger partial charge in [-0.2, -0.15) is 0 Å². The first-order chi connectivity index (χ1) is 9.36. The molecule has 0 bridgehead atoms. The highest BCUT2D eigenvalue weighted by Gasteiger charge is 2.28. The minimum Gasteiger partial charge on any atom is -0.504 e. The van der Waals surface area contributed by atoms with Crippen LogP contribution in [-0.2, 0) is 14.3 Å². The molecule has 0 spiro atoms. The van der Waals surface area contributed by atoms with Gasteiger partial charge in [-0.05, 0) is 24.6 Å². The molecule has 0 aliphatic heterocycles. The summed E-state index contributed by atoms with van der Waals surface area (Å²) in [7, 11) is 0. The summed E-state index contributed by atoms with van der Waals surface area (Å²) in [5, 5.41) is 9.64. The lowest BCUT2D eigenvalue weighted by molar-refractivity contribution is -0.150. The first-order valence-corrected chi connectivity index (χ1v) is 5.94. The second kappa shape index (κ2) is 8.43. The predicted octanol–water partition coefficient (Wildman–Crippen LogP) is 1.64. The lowest BCUT2D eigenvalue weighted by Gasteiger charge is -2.16. The highest BCUT2D eigenvalue weighted by molar-refractivity contribution is 5.85. The summed E-state index contributed by atoms with van der Waals surface area (Å²) < 4.78 is 23.0. The van der Waals surface area contributed by atoms with Crippen LogP contribution in [-0.4, -0.2) is 29.8 Å². The predicted molar refractivity (Wildman–Crippen MR) is 75.1 cm³/mol. The van der Waals surface area contributed by atoms with Crippen molar-refractivity contribution in [3.8, 4) is 11.5 Å². The van der Waals surface area contributed by atoms with E-state index in [0.29, 0.717) is 0 Å². The summed E-state index contributed by atoms with van der Waals surface area (Å²) in [5.74, 6) is -2.11. The van der Waals surface area contributed by atoms with E-state index in [1.165, 1.54) is 19.1 Å². The maximum Gasteiger partial charge on any atom is 0.342 e. The quantitative estimate of drug-likeness (QED) is 0.632. The number of carbonyl (C=O) groups excluding carboxylic acids is 2. The number of esters is 2. The van der Waals surface area contributed by atoms with Gasteiger partial charge in [0.15, 0.2) is 11.5 Å². The summed E-state index contributed by atoms with van der Waals surface area (Å²) in [6.07, 6.45) is -2.05. The zero-order chi connectivity index (χ0) is 15.3. The second-order valence-electron chi connectivity index (χ2n) is 4.00. The Hall–Kier alpha value is -1.86. The number of alkyl halides is 1. The van der Waals surface area contributed by atoms with Crippen molar-refractivity contribution < 1.29 is 28.6 Å². The normalized spacial score (nSPS) is 12.8. The molecule has 0 aromatic heterocycles. The number of hydrogen-bond acceptors (Lipinski definition) is 6. The molecular weight excluding hydrogens is 305 g/mol. The topological polar surface area (TPSA) is 98.9 Å². The van der Waals surface area contributed by atoms with E-state index in [-0.39, 0.29) is 36.1 Å². The van der Waals surface area contributed by atoms with Crippen molar-refractivity contribution in [2.45, 2.75) is 26.1 Å². The third kappa shape index (κ3) is 5.20. The number of phenolic OH excluding ortho intramolecular Hbond substituents is 1. The first-order valence-electron chi connectivity index (χ1n) is 5.94. The summed E-state index contributed by atoms with van der Waals surface area (Å²) >= 11 is 0. The fraction of sp³-hybridized carbons (Fsp3) is 0.385. The summed E-state index contributed by atoms with van der Waals surface area (Å²) in [6, 6.07) is 2.47. The summed E-state index contributed by atoms with van der Waals surface area (Å²) in [4.78, 5) is 22.0. The van der Waals surface area contributed by atoms with Crippen LogP contribution in [0.5, 0.6) is 11.5 Å².